The molecule has 0 aromatic heterocycles. The Morgan fingerprint density at radius 2 is 1.82 bits per heavy atom. The van der Waals surface area contributed by atoms with Crippen LogP contribution in [0.25, 0.3) is 6.08 Å². The lowest BCUT2D eigenvalue weighted by Gasteiger charge is -2.13. The zero-order chi connectivity index (χ0) is 16.5. The molecule has 1 aromatic rings. The van der Waals surface area contributed by atoms with Crippen molar-refractivity contribution in [1.82, 2.24) is 5.32 Å². The lowest BCUT2D eigenvalue weighted by Crippen LogP contribution is -2.42. The number of rotatable bonds is 6. The minimum absolute atomic E-state index is 0.116. The third-order valence-electron chi connectivity index (χ3n) is 2.72. The average molecular weight is 307 g/mol. The predicted molar refractivity (Wildman–Crippen MR) is 77.7 cm³/mol. The predicted octanol–water partition coefficient (Wildman–Crippen LogP) is 0.626. The Hall–Kier alpha value is -2.83. The van der Waals surface area contributed by atoms with Crippen molar-refractivity contribution in [3.05, 3.63) is 35.9 Å². The second-order valence-corrected chi connectivity index (χ2v) is 4.29. The van der Waals surface area contributed by atoms with E-state index in [1.54, 1.807) is 12.1 Å². The van der Waals surface area contributed by atoms with E-state index >= 15 is 0 Å². The number of nitrogens with one attached hydrogen (secondary N) is 1. The van der Waals surface area contributed by atoms with Gasteiger partial charge in [0.1, 0.15) is 11.8 Å². The van der Waals surface area contributed by atoms with Gasteiger partial charge in [-0.3, -0.25) is 9.59 Å². The molecule has 0 aliphatic rings. The average Bonchev–Trinajstić information content (AvgIpc) is 2.52. The Balaban J connectivity index is 2.67. The molecule has 0 bridgehead atoms. The molecular formula is C15H17NO6. The molecule has 0 radical (unpaired) electrons. The van der Waals surface area contributed by atoms with E-state index in [2.05, 4.69) is 14.8 Å². The summed E-state index contributed by atoms with van der Waals surface area (Å²) in [6.07, 6.45) is 2.39. The molecule has 1 aromatic carbocycles. The van der Waals surface area contributed by atoms with Gasteiger partial charge in [-0.25, -0.2) is 4.79 Å². The number of carbonyl (C=O) groups excluding carboxylic acids is 3. The van der Waals surface area contributed by atoms with Crippen LogP contribution in [0, 0.1) is 0 Å². The number of methoxy groups -OCH3 is 2. The molecule has 1 rings (SSSR count). The monoisotopic (exact) mass is 307 g/mol. The minimum atomic E-state index is -1.12. The van der Waals surface area contributed by atoms with Gasteiger partial charge in [0.25, 0.3) is 0 Å². The van der Waals surface area contributed by atoms with Crippen molar-refractivity contribution < 1.29 is 29.0 Å². The first-order valence-electron chi connectivity index (χ1n) is 6.38. The second-order valence-electron chi connectivity index (χ2n) is 4.29. The molecule has 0 aliphatic carbocycles. The van der Waals surface area contributed by atoms with E-state index in [-0.39, 0.29) is 12.2 Å². The van der Waals surface area contributed by atoms with E-state index in [9.17, 15) is 14.4 Å². The standard InChI is InChI=1S/C15H17NO6/c1-21-14(19)9-12(15(20)22-2)16-13(18)8-5-10-3-6-11(17)7-4-10/h3-8,12,17H,9H2,1-2H3,(H,16,18)/b8-5+/t12-/m0/s1. The summed E-state index contributed by atoms with van der Waals surface area (Å²) in [6.45, 7) is 0. The third kappa shape index (κ3) is 5.66. The van der Waals surface area contributed by atoms with Crippen LogP contribution in [-0.2, 0) is 23.9 Å². The molecule has 0 unspecified atom stereocenters. The topological polar surface area (TPSA) is 102 Å². The van der Waals surface area contributed by atoms with Crippen LogP contribution in [0.5, 0.6) is 5.75 Å². The number of aromatic hydroxyl groups is 1. The van der Waals surface area contributed by atoms with E-state index in [0.717, 1.165) is 7.11 Å². The Morgan fingerprint density at radius 3 is 2.36 bits per heavy atom. The number of phenolic OH excluding ortho intramolecular Hbond substituents is 1. The van der Waals surface area contributed by atoms with Gasteiger partial charge in [-0.1, -0.05) is 12.1 Å². The first-order valence-corrected chi connectivity index (χ1v) is 6.38. The van der Waals surface area contributed by atoms with Crippen LogP contribution in [0.1, 0.15) is 12.0 Å². The van der Waals surface area contributed by atoms with Gasteiger partial charge in [-0.2, -0.15) is 0 Å². The summed E-state index contributed by atoms with van der Waals surface area (Å²) in [5.74, 6) is -1.83. The van der Waals surface area contributed by atoms with Crippen molar-refractivity contribution in [1.29, 1.82) is 0 Å². The molecule has 0 aliphatic heterocycles. The number of amides is 1. The first kappa shape index (κ1) is 17.2. The maximum Gasteiger partial charge on any atom is 0.328 e. The Bertz CT molecular complexity index is 564. The molecule has 0 fully saturated rings. The molecule has 0 spiro atoms. The second kappa shape index (κ2) is 8.46. The van der Waals surface area contributed by atoms with Gasteiger partial charge in [0.15, 0.2) is 0 Å². The van der Waals surface area contributed by atoms with Crippen molar-refractivity contribution in [2.45, 2.75) is 12.5 Å². The molecule has 1 amide bonds. The van der Waals surface area contributed by atoms with E-state index in [0.29, 0.717) is 5.56 Å². The van der Waals surface area contributed by atoms with Crippen LogP contribution < -0.4 is 5.32 Å². The van der Waals surface area contributed by atoms with Gasteiger partial charge in [0, 0.05) is 6.08 Å². The fraction of sp³-hybridized carbons (Fsp3) is 0.267. The van der Waals surface area contributed by atoms with Crippen LogP contribution >= 0.6 is 0 Å². The van der Waals surface area contributed by atoms with Gasteiger partial charge in [0.05, 0.1) is 20.6 Å². The molecule has 0 heterocycles. The maximum absolute atomic E-state index is 11.8. The van der Waals surface area contributed by atoms with Gasteiger partial charge < -0.3 is 19.9 Å². The van der Waals surface area contributed by atoms with Crippen molar-refractivity contribution in [2.75, 3.05) is 14.2 Å². The number of carbonyl (C=O) groups is 3. The number of hydrogen-bond acceptors (Lipinski definition) is 6. The van der Waals surface area contributed by atoms with Crippen molar-refractivity contribution in [3.8, 4) is 5.75 Å². The summed E-state index contributed by atoms with van der Waals surface area (Å²) in [6, 6.07) is 5.07. The summed E-state index contributed by atoms with van der Waals surface area (Å²) < 4.78 is 8.98. The highest BCUT2D eigenvalue weighted by molar-refractivity contribution is 5.95. The number of phenols is 1. The van der Waals surface area contributed by atoms with Crippen LogP contribution in [0.4, 0.5) is 0 Å². The summed E-state index contributed by atoms with van der Waals surface area (Å²) >= 11 is 0. The molecule has 1 atom stereocenters. The van der Waals surface area contributed by atoms with Gasteiger partial charge >= 0.3 is 11.9 Å². The highest BCUT2D eigenvalue weighted by Gasteiger charge is 2.24. The van der Waals surface area contributed by atoms with Crippen LogP contribution in [-0.4, -0.2) is 43.2 Å². The molecule has 22 heavy (non-hydrogen) atoms. The highest BCUT2D eigenvalue weighted by atomic mass is 16.5. The number of benzene rings is 1. The van der Waals surface area contributed by atoms with Crippen LogP contribution in [0.3, 0.4) is 0 Å². The number of esters is 2. The zero-order valence-corrected chi connectivity index (χ0v) is 12.2. The fourth-order valence-corrected chi connectivity index (χ4v) is 1.56. The maximum atomic E-state index is 11.8. The summed E-state index contributed by atoms with van der Waals surface area (Å²) in [5, 5.41) is 11.5. The summed E-state index contributed by atoms with van der Waals surface area (Å²) in [7, 11) is 2.34. The van der Waals surface area contributed by atoms with E-state index in [1.165, 1.54) is 31.4 Å². The highest BCUT2D eigenvalue weighted by Crippen LogP contribution is 2.10. The lowest BCUT2D eigenvalue weighted by atomic mass is 10.2. The van der Waals surface area contributed by atoms with E-state index < -0.39 is 23.9 Å². The normalized spacial score (nSPS) is 11.7. The molecule has 118 valence electrons. The molecule has 0 saturated heterocycles. The number of ether oxygens (including phenoxy) is 2. The Kier molecular flexibility index (Phi) is 6.62. The smallest absolute Gasteiger partial charge is 0.328 e. The first-order chi connectivity index (χ1) is 10.5. The number of hydrogen-bond donors (Lipinski definition) is 2. The third-order valence-corrected chi connectivity index (χ3v) is 2.72. The quantitative estimate of drug-likeness (QED) is 0.590. The molecule has 0 saturated carbocycles. The van der Waals surface area contributed by atoms with Crippen molar-refractivity contribution in [3.63, 3.8) is 0 Å². The summed E-state index contributed by atoms with van der Waals surface area (Å²) in [5.41, 5.74) is 0.690. The summed E-state index contributed by atoms with van der Waals surface area (Å²) in [4.78, 5) is 34.5. The molecule has 2 N–H and O–H groups in total. The minimum Gasteiger partial charge on any atom is -0.508 e. The molecular weight excluding hydrogens is 290 g/mol. The van der Waals surface area contributed by atoms with Crippen molar-refractivity contribution in [2.24, 2.45) is 0 Å². The van der Waals surface area contributed by atoms with Gasteiger partial charge in [0.2, 0.25) is 5.91 Å². The van der Waals surface area contributed by atoms with E-state index in [1.807, 2.05) is 0 Å². The van der Waals surface area contributed by atoms with Gasteiger partial charge in [-0.15, -0.1) is 0 Å². The molecule has 7 heteroatoms. The van der Waals surface area contributed by atoms with Crippen LogP contribution in [0.15, 0.2) is 30.3 Å². The van der Waals surface area contributed by atoms with Crippen molar-refractivity contribution >= 4 is 23.9 Å². The largest absolute Gasteiger partial charge is 0.508 e. The van der Waals surface area contributed by atoms with Gasteiger partial charge in [-0.05, 0) is 23.8 Å². The SMILES string of the molecule is COC(=O)C[C@H](NC(=O)/C=C/c1ccc(O)cc1)C(=O)OC. The zero-order valence-electron chi connectivity index (χ0n) is 12.2. The fourth-order valence-electron chi connectivity index (χ4n) is 1.56. The lowest BCUT2D eigenvalue weighted by molar-refractivity contribution is -0.150. The molecule has 7 nitrogen and oxygen atoms in total. The van der Waals surface area contributed by atoms with E-state index in [4.69, 9.17) is 5.11 Å². The van der Waals surface area contributed by atoms with Crippen LogP contribution in [0.2, 0.25) is 0 Å². The Labute approximate surface area is 127 Å². The Morgan fingerprint density at radius 1 is 1.18 bits per heavy atom.